The van der Waals surface area contributed by atoms with Gasteiger partial charge in [-0.15, -0.1) is 0 Å². The van der Waals surface area contributed by atoms with Crippen LogP contribution in [0.1, 0.15) is 24.1 Å². The van der Waals surface area contributed by atoms with Crippen molar-refractivity contribution in [2.45, 2.75) is 32.4 Å². The molecule has 1 aromatic carbocycles. The highest BCUT2D eigenvalue weighted by atomic mass is 15.2. The first-order valence-electron chi connectivity index (χ1n) is 8.94. The van der Waals surface area contributed by atoms with E-state index in [1.54, 1.807) is 0 Å². The zero-order chi connectivity index (χ0) is 17.5. The van der Waals surface area contributed by atoms with E-state index in [0.29, 0.717) is 12.6 Å². The number of hydrogen-bond donors (Lipinski definition) is 2. The van der Waals surface area contributed by atoms with Gasteiger partial charge in [-0.25, -0.2) is 0 Å². The Morgan fingerprint density at radius 2 is 2.08 bits per heavy atom. The molecular formula is C20H27N5. The fraction of sp³-hybridized carbons (Fsp3) is 0.400. The zero-order valence-corrected chi connectivity index (χ0v) is 15.1. The van der Waals surface area contributed by atoms with Crippen LogP contribution in [0.5, 0.6) is 0 Å². The van der Waals surface area contributed by atoms with Gasteiger partial charge in [0.1, 0.15) is 0 Å². The number of aliphatic imine (C=N–C) groups is 1. The van der Waals surface area contributed by atoms with Gasteiger partial charge in [-0.05, 0) is 43.5 Å². The summed E-state index contributed by atoms with van der Waals surface area (Å²) in [7, 11) is 1.82. The van der Waals surface area contributed by atoms with Crippen molar-refractivity contribution in [3.63, 3.8) is 0 Å². The number of nitrogens with one attached hydrogen (secondary N) is 2. The molecule has 0 saturated carbocycles. The predicted octanol–water partition coefficient (Wildman–Crippen LogP) is 2.72. The molecule has 1 fully saturated rings. The smallest absolute Gasteiger partial charge is 0.191 e. The van der Waals surface area contributed by atoms with E-state index in [0.717, 1.165) is 31.2 Å². The van der Waals surface area contributed by atoms with Gasteiger partial charge < -0.3 is 15.5 Å². The Hall–Kier alpha value is -2.56. The maximum absolute atomic E-state index is 4.43. The quantitative estimate of drug-likeness (QED) is 0.665. The second kappa shape index (κ2) is 8.51. The number of para-hydroxylation sites is 1. The SMILES string of the molecule is CN=C(NCc1ncccc1C)NC1CCCN(c2ccccc2)C1. The van der Waals surface area contributed by atoms with Crippen LogP contribution in [0.15, 0.2) is 53.7 Å². The largest absolute Gasteiger partial charge is 0.369 e. The monoisotopic (exact) mass is 337 g/mol. The Balaban J connectivity index is 1.55. The second-order valence-corrected chi connectivity index (χ2v) is 6.46. The Bertz CT molecular complexity index is 698. The lowest BCUT2D eigenvalue weighted by Crippen LogP contribution is -2.51. The van der Waals surface area contributed by atoms with Crippen LogP contribution in [0.25, 0.3) is 0 Å². The lowest BCUT2D eigenvalue weighted by Gasteiger charge is -2.35. The number of hydrogen-bond acceptors (Lipinski definition) is 3. The number of aromatic nitrogens is 1. The second-order valence-electron chi connectivity index (χ2n) is 6.46. The maximum Gasteiger partial charge on any atom is 0.191 e. The van der Waals surface area contributed by atoms with Crippen LogP contribution in [-0.4, -0.2) is 37.1 Å². The molecule has 1 saturated heterocycles. The van der Waals surface area contributed by atoms with Crippen molar-refractivity contribution in [1.29, 1.82) is 0 Å². The van der Waals surface area contributed by atoms with Crippen molar-refractivity contribution in [3.8, 4) is 0 Å². The van der Waals surface area contributed by atoms with Gasteiger partial charge >= 0.3 is 0 Å². The molecule has 0 aliphatic carbocycles. The minimum absolute atomic E-state index is 0.394. The van der Waals surface area contributed by atoms with Crippen molar-refractivity contribution < 1.29 is 0 Å². The van der Waals surface area contributed by atoms with E-state index in [1.807, 2.05) is 19.3 Å². The highest BCUT2D eigenvalue weighted by Crippen LogP contribution is 2.19. The van der Waals surface area contributed by atoms with Crippen LogP contribution >= 0.6 is 0 Å². The number of pyridine rings is 1. The van der Waals surface area contributed by atoms with Crippen LogP contribution in [0, 0.1) is 6.92 Å². The normalized spacial score (nSPS) is 18.1. The molecule has 2 N–H and O–H groups in total. The summed E-state index contributed by atoms with van der Waals surface area (Å²) in [4.78, 5) is 11.2. The maximum atomic E-state index is 4.43. The standard InChI is InChI=1S/C20H27N5/c1-16-8-6-12-22-19(16)14-23-20(21-2)24-17-9-7-13-25(15-17)18-10-4-3-5-11-18/h3-6,8,10-12,17H,7,9,13-15H2,1-2H3,(H2,21,23,24). The summed E-state index contributed by atoms with van der Waals surface area (Å²) in [6, 6.07) is 15.1. The number of aryl methyl sites for hydroxylation is 1. The van der Waals surface area contributed by atoms with Crippen LogP contribution in [0.4, 0.5) is 5.69 Å². The molecule has 5 nitrogen and oxygen atoms in total. The molecule has 1 aliphatic heterocycles. The molecule has 25 heavy (non-hydrogen) atoms. The van der Waals surface area contributed by atoms with Crippen molar-refractivity contribution >= 4 is 11.6 Å². The van der Waals surface area contributed by atoms with Crippen molar-refractivity contribution in [1.82, 2.24) is 15.6 Å². The molecule has 1 atom stereocenters. The van der Waals surface area contributed by atoms with Gasteiger partial charge in [0.05, 0.1) is 12.2 Å². The van der Waals surface area contributed by atoms with E-state index in [4.69, 9.17) is 0 Å². The fourth-order valence-electron chi connectivity index (χ4n) is 3.23. The first-order valence-corrected chi connectivity index (χ1v) is 8.94. The molecule has 1 aromatic heterocycles. The molecule has 0 bridgehead atoms. The van der Waals surface area contributed by atoms with E-state index in [-0.39, 0.29) is 0 Å². The molecule has 2 aromatic rings. The van der Waals surface area contributed by atoms with E-state index in [9.17, 15) is 0 Å². The van der Waals surface area contributed by atoms with Gasteiger partial charge in [-0.1, -0.05) is 24.3 Å². The highest BCUT2D eigenvalue weighted by molar-refractivity contribution is 5.80. The molecule has 0 spiro atoms. The first kappa shape index (κ1) is 17.3. The Labute approximate surface area is 150 Å². The van der Waals surface area contributed by atoms with Gasteiger partial charge in [0, 0.05) is 38.1 Å². The van der Waals surface area contributed by atoms with Crippen molar-refractivity contribution in [2.24, 2.45) is 4.99 Å². The number of anilines is 1. The molecule has 0 radical (unpaired) electrons. The van der Waals surface area contributed by atoms with Crippen LogP contribution in [-0.2, 0) is 6.54 Å². The van der Waals surface area contributed by atoms with E-state index in [1.165, 1.54) is 17.7 Å². The highest BCUT2D eigenvalue weighted by Gasteiger charge is 2.20. The lowest BCUT2D eigenvalue weighted by atomic mass is 10.1. The third-order valence-electron chi connectivity index (χ3n) is 4.65. The molecule has 0 amide bonds. The van der Waals surface area contributed by atoms with E-state index >= 15 is 0 Å². The third kappa shape index (κ3) is 4.72. The average molecular weight is 337 g/mol. The minimum atomic E-state index is 0.394. The fourth-order valence-corrected chi connectivity index (χ4v) is 3.23. The topological polar surface area (TPSA) is 52.6 Å². The molecule has 5 heteroatoms. The van der Waals surface area contributed by atoms with E-state index in [2.05, 4.69) is 68.8 Å². The zero-order valence-electron chi connectivity index (χ0n) is 15.1. The summed E-state index contributed by atoms with van der Waals surface area (Å²) >= 11 is 0. The Morgan fingerprint density at radius 1 is 1.24 bits per heavy atom. The number of piperidine rings is 1. The van der Waals surface area contributed by atoms with Gasteiger partial charge in [0.2, 0.25) is 0 Å². The summed E-state index contributed by atoms with van der Waals surface area (Å²) in [6.45, 7) is 4.87. The van der Waals surface area contributed by atoms with Gasteiger partial charge in [-0.2, -0.15) is 0 Å². The Morgan fingerprint density at radius 3 is 2.84 bits per heavy atom. The number of guanidine groups is 1. The Kier molecular flexibility index (Phi) is 5.88. The molecule has 1 aliphatic rings. The summed E-state index contributed by atoms with van der Waals surface area (Å²) < 4.78 is 0. The molecule has 132 valence electrons. The van der Waals surface area contributed by atoms with Crippen LogP contribution in [0.2, 0.25) is 0 Å². The average Bonchev–Trinajstić information content (AvgIpc) is 2.67. The lowest BCUT2D eigenvalue weighted by molar-refractivity contribution is 0.468. The number of rotatable bonds is 4. The molecule has 3 rings (SSSR count). The van der Waals surface area contributed by atoms with Crippen LogP contribution in [0.3, 0.4) is 0 Å². The molecular weight excluding hydrogens is 310 g/mol. The summed E-state index contributed by atoms with van der Waals surface area (Å²) in [5.74, 6) is 0.838. The van der Waals surface area contributed by atoms with Gasteiger partial charge in [-0.3, -0.25) is 9.98 Å². The summed E-state index contributed by atoms with van der Waals surface area (Å²) in [5.41, 5.74) is 3.54. The first-order chi connectivity index (χ1) is 12.3. The van der Waals surface area contributed by atoms with Gasteiger partial charge in [0.25, 0.3) is 0 Å². The molecule has 2 heterocycles. The van der Waals surface area contributed by atoms with Crippen molar-refractivity contribution in [2.75, 3.05) is 25.0 Å². The number of nitrogens with zero attached hydrogens (tertiary/aromatic N) is 3. The van der Waals surface area contributed by atoms with Gasteiger partial charge in [0.15, 0.2) is 5.96 Å². The predicted molar refractivity (Wildman–Crippen MR) is 104 cm³/mol. The van der Waals surface area contributed by atoms with Crippen molar-refractivity contribution in [3.05, 3.63) is 59.9 Å². The summed E-state index contributed by atoms with van der Waals surface area (Å²) in [6.07, 6.45) is 4.18. The third-order valence-corrected chi connectivity index (χ3v) is 4.65. The van der Waals surface area contributed by atoms with E-state index < -0.39 is 0 Å². The molecule has 1 unspecified atom stereocenters. The minimum Gasteiger partial charge on any atom is -0.369 e. The summed E-state index contributed by atoms with van der Waals surface area (Å²) in [5, 5.41) is 6.95. The van der Waals surface area contributed by atoms with Crippen LogP contribution < -0.4 is 15.5 Å². The number of benzene rings is 1.